The van der Waals surface area contributed by atoms with Crippen molar-refractivity contribution in [1.82, 2.24) is 9.80 Å². The summed E-state index contributed by atoms with van der Waals surface area (Å²) in [6.07, 6.45) is 1.43. The monoisotopic (exact) mass is 475 g/mol. The Morgan fingerprint density at radius 2 is 1.60 bits per heavy atom. The van der Waals surface area contributed by atoms with Crippen LogP contribution in [0.1, 0.15) is 21.7 Å². The number of carbonyl (C=O) groups is 3. The van der Waals surface area contributed by atoms with Gasteiger partial charge in [0, 0.05) is 37.4 Å². The van der Waals surface area contributed by atoms with Crippen LogP contribution < -0.4 is 5.32 Å². The van der Waals surface area contributed by atoms with E-state index in [1.165, 1.54) is 6.26 Å². The van der Waals surface area contributed by atoms with Crippen LogP contribution in [0.5, 0.6) is 0 Å². The van der Waals surface area contributed by atoms with Gasteiger partial charge in [0.25, 0.3) is 5.91 Å². The highest BCUT2D eigenvalue weighted by Crippen LogP contribution is 2.25. The van der Waals surface area contributed by atoms with Crippen LogP contribution in [-0.4, -0.2) is 66.9 Å². The number of amides is 2. The van der Waals surface area contributed by atoms with Crippen LogP contribution in [0.25, 0.3) is 11.1 Å². The first-order valence-corrected chi connectivity index (χ1v) is 11.6. The fraction of sp³-hybridized carbons (Fsp3) is 0.296. The summed E-state index contributed by atoms with van der Waals surface area (Å²) < 4.78 is 10.6. The van der Waals surface area contributed by atoms with Crippen molar-refractivity contribution < 1.29 is 23.5 Å². The molecule has 2 aromatic carbocycles. The molecule has 8 heteroatoms. The average molecular weight is 476 g/mol. The van der Waals surface area contributed by atoms with Crippen molar-refractivity contribution in [3.05, 3.63) is 77.7 Å². The van der Waals surface area contributed by atoms with E-state index in [0.717, 1.165) is 22.4 Å². The zero-order chi connectivity index (χ0) is 24.8. The molecule has 0 saturated carbocycles. The Kier molecular flexibility index (Phi) is 7.62. The maximum absolute atomic E-state index is 12.6. The summed E-state index contributed by atoms with van der Waals surface area (Å²) in [4.78, 5) is 41.3. The standard InChI is InChI=1S/C27H29N3O5/c1-19-7-6-8-20(2)25(19)28-23(31)17-29-12-14-30(15-13-29)24(32)18-35-27(33)26-22(11-16-34-26)21-9-4-3-5-10-21/h3-11,16H,12-15,17-18H2,1-2H3,(H,28,31). The Bertz CT molecular complexity index is 1180. The Balaban J connectivity index is 1.23. The fourth-order valence-electron chi connectivity index (χ4n) is 4.15. The lowest BCUT2D eigenvalue weighted by atomic mass is 10.1. The summed E-state index contributed by atoms with van der Waals surface area (Å²) in [6.45, 7) is 5.88. The van der Waals surface area contributed by atoms with Gasteiger partial charge in [0.1, 0.15) is 0 Å². The zero-order valence-electron chi connectivity index (χ0n) is 20.0. The summed E-state index contributed by atoms with van der Waals surface area (Å²) in [5, 5.41) is 2.99. The molecule has 0 aliphatic carbocycles. The Morgan fingerprint density at radius 1 is 0.914 bits per heavy atom. The van der Waals surface area contributed by atoms with Gasteiger partial charge >= 0.3 is 5.97 Å². The van der Waals surface area contributed by atoms with Gasteiger partial charge in [-0.2, -0.15) is 0 Å². The number of furan rings is 1. The molecule has 0 atom stereocenters. The molecule has 1 aliphatic rings. The van der Waals surface area contributed by atoms with E-state index in [-0.39, 0.29) is 30.7 Å². The summed E-state index contributed by atoms with van der Waals surface area (Å²) in [5.41, 5.74) is 4.34. The summed E-state index contributed by atoms with van der Waals surface area (Å²) in [7, 11) is 0. The van der Waals surface area contributed by atoms with Crippen LogP contribution in [0.3, 0.4) is 0 Å². The van der Waals surface area contributed by atoms with Crippen LogP contribution in [0.15, 0.2) is 65.3 Å². The molecular formula is C27H29N3O5. The minimum atomic E-state index is -0.677. The Labute approximate surface area is 204 Å². The van der Waals surface area contributed by atoms with Crippen molar-refractivity contribution in [3.63, 3.8) is 0 Å². The molecule has 2 amide bonds. The van der Waals surface area contributed by atoms with Gasteiger partial charge in [-0.05, 0) is 36.6 Å². The van der Waals surface area contributed by atoms with Gasteiger partial charge in [0.2, 0.25) is 11.7 Å². The predicted octanol–water partition coefficient (Wildman–Crippen LogP) is 3.50. The highest BCUT2D eigenvalue weighted by Gasteiger charge is 2.25. The number of ether oxygens (including phenoxy) is 1. The number of nitrogens with one attached hydrogen (secondary N) is 1. The maximum atomic E-state index is 12.6. The van der Waals surface area contributed by atoms with Crippen molar-refractivity contribution in [2.45, 2.75) is 13.8 Å². The minimum absolute atomic E-state index is 0.0729. The number of carbonyl (C=O) groups excluding carboxylic acids is 3. The SMILES string of the molecule is Cc1cccc(C)c1NC(=O)CN1CCN(C(=O)COC(=O)c2occc2-c2ccccc2)CC1. The van der Waals surface area contributed by atoms with Gasteiger partial charge in [0.05, 0.1) is 12.8 Å². The molecule has 0 spiro atoms. The van der Waals surface area contributed by atoms with E-state index in [1.807, 2.05) is 67.3 Å². The first-order chi connectivity index (χ1) is 16.9. The molecule has 8 nitrogen and oxygen atoms in total. The third-order valence-electron chi connectivity index (χ3n) is 6.10. The second-order valence-corrected chi connectivity index (χ2v) is 8.58. The van der Waals surface area contributed by atoms with Crippen LogP contribution in [0, 0.1) is 13.8 Å². The number of aryl methyl sites for hydroxylation is 2. The maximum Gasteiger partial charge on any atom is 0.375 e. The number of anilines is 1. The highest BCUT2D eigenvalue weighted by molar-refractivity contribution is 5.95. The second kappa shape index (κ2) is 11.0. The molecular weight excluding hydrogens is 446 g/mol. The van der Waals surface area contributed by atoms with Crippen LogP contribution in [-0.2, 0) is 14.3 Å². The number of para-hydroxylation sites is 1. The molecule has 2 heterocycles. The number of nitrogens with zero attached hydrogens (tertiary/aromatic N) is 2. The Hall–Kier alpha value is -3.91. The quantitative estimate of drug-likeness (QED) is 0.526. The fourth-order valence-corrected chi connectivity index (χ4v) is 4.15. The molecule has 1 N–H and O–H groups in total. The Morgan fingerprint density at radius 3 is 2.29 bits per heavy atom. The number of rotatable bonds is 7. The van der Waals surface area contributed by atoms with E-state index in [2.05, 4.69) is 5.32 Å². The average Bonchev–Trinajstić information content (AvgIpc) is 3.36. The lowest BCUT2D eigenvalue weighted by molar-refractivity contribution is -0.136. The van der Waals surface area contributed by atoms with Gasteiger partial charge in [-0.15, -0.1) is 0 Å². The number of esters is 1. The minimum Gasteiger partial charge on any atom is -0.457 e. The third kappa shape index (κ3) is 5.96. The molecule has 1 fully saturated rings. The molecule has 3 aromatic rings. The van der Waals surface area contributed by atoms with Gasteiger partial charge in [-0.3, -0.25) is 14.5 Å². The topological polar surface area (TPSA) is 92.1 Å². The molecule has 4 rings (SSSR count). The summed E-state index contributed by atoms with van der Waals surface area (Å²) in [6, 6.07) is 17.0. The largest absolute Gasteiger partial charge is 0.457 e. The van der Waals surface area contributed by atoms with Gasteiger partial charge in [0.15, 0.2) is 6.61 Å². The number of hydrogen-bond donors (Lipinski definition) is 1. The molecule has 1 aliphatic heterocycles. The van der Waals surface area contributed by atoms with Crippen molar-refractivity contribution in [2.24, 2.45) is 0 Å². The van der Waals surface area contributed by atoms with E-state index < -0.39 is 5.97 Å². The summed E-state index contributed by atoms with van der Waals surface area (Å²) in [5.74, 6) is -0.956. The van der Waals surface area contributed by atoms with E-state index >= 15 is 0 Å². The number of piperazine rings is 1. The first kappa shape index (κ1) is 24.2. The second-order valence-electron chi connectivity index (χ2n) is 8.58. The molecule has 0 radical (unpaired) electrons. The normalized spacial score (nSPS) is 13.9. The van der Waals surface area contributed by atoms with Crippen LogP contribution >= 0.6 is 0 Å². The molecule has 0 unspecified atom stereocenters. The number of benzene rings is 2. The summed E-state index contributed by atoms with van der Waals surface area (Å²) >= 11 is 0. The van der Waals surface area contributed by atoms with Gasteiger partial charge in [-0.1, -0.05) is 48.5 Å². The molecule has 0 bridgehead atoms. The van der Waals surface area contributed by atoms with Gasteiger partial charge in [-0.25, -0.2) is 4.79 Å². The predicted molar refractivity (Wildman–Crippen MR) is 132 cm³/mol. The van der Waals surface area contributed by atoms with E-state index in [4.69, 9.17) is 9.15 Å². The molecule has 1 aromatic heterocycles. The lowest BCUT2D eigenvalue weighted by Gasteiger charge is -2.34. The smallest absolute Gasteiger partial charge is 0.375 e. The lowest BCUT2D eigenvalue weighted by Crippen LogP contribution is -2.51. The molecule has 182 valence electrons. The molecule has 35 heavy (non-hydrogen) atoms. The van der Waals surface area contributed by atoms with E-state index in [1.54, 1.807) is 11.0 Å². The van der Waals surface area contributed by atoms with Crippen molar-refractivity contribution in [2.75, 3.05) is 44.6 Å². The first-order valence-electron chi connectivity index (χ1n) is 11.6. The van der Waals surface area contributed by atoms with E-state index in [9.17, 15) is 14.4 Å². The highest BCUT2D eigenvalue weighted by atomic mass is 16.5. The third-order valence-corrected chi connectivity index (χ3v) is 6.10. The zero-order valence-corrected chi connectivity index (χ0v) is 20.0. The van der Waals surface area contributed by atoms with Crippen molar-refractivity contribution >= 4 is 23.5 Å². The number of hydrogen-bond acceptors (Lipinski definition) is 6. The van der Waals surface area contributed by atoms with Crippen molar-refractivity contribution in [1.29, 1.82) is 0 Å². The van der Waals surface area contributed by atoms with E-state index in [0.29, 0.717) is 31.7 Å². The van der Waals surface area contributed by atoms with Crippen LogP contribution in [0.2, 0.25) is 0 Å². The van der Waals surface area contributed by atoms with Crippen LogP contribution in [0.4, 0.5) is 5.69 Å². The van der Waals surface area contributed by atoms with Crippen molar-refractivity contribution in [3.8, 4) is 11.1 Å². The molecule has 1 saturated heterocycles. The van der Waals surface area contributed by atoms with Gasteiger partial charge < -0.3 is 19.4 Å².